The molecule has 2 aromatic carbocycles. The molecule has 3 aromatic rings. The summed E-state index contributed by atoms with van der Waals surface area (Å²) in [6.07, 6.45) is -4.47. The number of carbonyl (C=O) groups excluding carboxylic acids is 1. The lowest BCUT2D eigenvalue weighted by atomic mass is 9.88. The lowest BCUT2D eigenvalue weighted by Gasteiger charge is -2.30. The van der Waals surface area contributed by atoms with Crippen LogP contribution < -0.4 is 10.1 Å². The molecule has 0 saturated carbocycles. The Morgan fingerprint density at radius 3 is 2.50 bits per heavy atom. The summed E-state index contributed by atoms with van der Waals surface area (Å²) in [6.45, 7) is 1.87. The quantitative estimate of drug-likeness (QED) is 0.512. The van der Waals surface area contributed by atoms with E-state index >= 15 is 0 Å². The maximum absolute atomic E-state index is 13.0. The second-order valence-corrected chi connectivity index (χ2v) is 7.26. The molecule has 7 nitrogen and oxygen atoms in total. The molecule has 1 aromatic heterocycles. The summed E-state index contributed by atoms with van der Waals surface area (Å²) in [5, 5.41) is 7.00. The van der Waals surface area contributed by atoms with Crippen LogP contribution >= 0.6 is 0 Å². The minimum Gasteiger partial charge on any atom is -0.497 e. The number of methoxy groups -OCH3 is 2. The van der Waals surface area contributed by atoms with Gasteiger partial charge in [0.05, 0.1) is 38.3 Å². The highest BCUT2D eigenvalue weighted by Gasteiger charge is 2.32. The third kappa shape index (κ3) is 5.44. The number of alkyl halides is 3. The minimum absolute atomic E-state index is 0.00525. The van der Waals surface area contributed by atoms with Crippen molar-refractivity contribution >= 4 is 5.97 Å². The number of benzene rings is 2. The van der Waals surface area contributed by atoms with E-state index in [0.717, 1.165) is 17.7 Å². The van der Waals surface area contributed by atoms with Crippen LogP contribution in [0, 0.1) is 0 Å². The van der Waals surface area contributed by atoms with Crippen molar-refractivity contribution in [2.24, 2.45) is 0 Å². The summed E-state index contributed by atoms with van der Waals surface area (Å²) in [4.78, 5) is 16.2. The zero-order valence-corrected chi connectivity index (χ0v) is 17.7. The molecule has 0 bridgehead atoms. The minimum atomic E-state index is -4.48. The average Bonchev–Trinajstić information content (AvgIpc) is 3.26. The van der Waals surface area contributed by atoms with Crippen molar-refractivity contribution < 1.29 is 32.0 Å². The van der Waals surface area contributed by atoms with E-state index in [2.05, 4.69) is 15.5 Å². The molecule has 0 aliphatic rings. The van der Waals surface area contributed by atoms with Crippen LogP contribution in [0.4, 0.5) is 13.2 Å². The van der Waals surface area contributed by atoms with Gasteiger partial charge in [0, 0.05) is 5.56 Å². The molecule has 0 amide bonds. The third-order valence-corrected chi connectivity index (χ3v) is 4.98. The molecule has 0 fully saturated rings. The molecule has 0 aliphatic carbocycles. The van der Waals surface area contributed by atoms with Gasteiger partial charge < -0.3 is 14.0 Å². The van der Waals surface area contributed by atoms with E-state index in [0.29, 0.717) is 5.75 Å². The molecule has 10 heteroatoms. The van der Waals surface area contributed by atoms with Crippen molar-refractivity contribution in [3.05, 3.63) is 65.5 Å². The number of nitrogens with one attached hydrogen (secondary N) is 1. The van der Waals surface area contributed by atoms with Gasteiger partial charge in [0.25, 0.3) is 0 Å². The van der Waals surface area contributed by atoms with E-state index in [4.69, 9.17) is 14.0 Å². The zero-order chi connectivity index (χ0) is 23.4. The number of esters is 1. The Kier molecular flexibility index (Phi) is 6.83. The Morgan fingerprint density at radius 1 is 1.09 bits per heavy atom. The standard InChI is InChI=1S/C22H22F3N3O4/c1-21(12-19(29)31-3,15-7-5-9-17(11-15)30-2)26-13-18-27-20(28-32-18)14-6-4-8-16(10-14)22(23,24)25/h4-11,26H,12-13H2,1-3H3/t21-/m1/s1. The first-order valence-corrected chi connectivity index (χ1v) is 9.61. The van der Waals surface area contributed by atoms with E-state index in [1.54, 1.807) is 18.2 Å². The molecule has 32 heavy (non-hydrogen) atoms. The highest BCUT2D eigenvalue weighted by atomic mass is 19.4. The fraction of sp³-hybridized carbons (Fsp3) is 0.318. The molecule has 170 valence electrons. The van der Waals surface area contributed by atoms with Crippen molar-refractivity contribution in [1.82, 2.24) is 15.5 Å². The average molecular weight is 449 g/mol. The van der Waals surface area contributed by atoms with Crippen LogP contribution in [0.15, 0.2) is 53.1 Å². The van der Waals surface area contributed by atoms with Gasteiger partial charge in [0.1, 0.15) is 5.75 Å². The van der Waals surface area contributed by atoms with E-state index in [-0.39, 0.29) is 30.2 Å². The van der Waals surface area contributed by atoms with E-state index in [1.807, 2.05) is 13.0 Å². The number of halogens is 3. The van der Waals surface area contributed by atoms with Crippen LogP contribution in [0.1, 0.15) is 30.4 Å². The molecular formula is C22H22F3N3O4. The van der Waals surface area contributed by atoms with Crippen molar-refractivity contribution in [3.63, 3.8) is 0 Å². The summed E-state index contributed by atoms with van der Waals surface area (Å²) >= 11 is 0. The van der Waals surface area contributed by atoms with E-state index in [9.17, 15) is 18.0 Å². The fourth-order valence-corrected chi connectivity index (χ4v) is 3.14. The summed E-state index contributed by atoms with van der Waals surface area (Å²) < 4.78 is 54.2. The smallest absolute Gasteiger partial charge is 0.416 e. The maximum Gasteiger partial charge on any atom is 0.416 e. The number of nitrogens with zero attached hydrogens (tertiary/aromatic N) is 2. The van der Waals surface area contributed by atoms with E-state index < -0.39 is 23.2 Å². The Hall–Kier alpha value is -3.40. The van der Waals surface area contributed by atoms with Gasteiger partial charge in [-0.15, -0.1) is 0 Å². The zero-order valence-electron chi connectivity index (χ0n) is 17.7. The highest BCUT2D eigenvalue weighted by Crippen LogP contribution is 2.32. The van der Waals surface area contributed by atoms with Gasteiger partial charge in [-0.2, -0.15) is 18.2 Å². The monoisotopic (exact) mass is 449 g/mol. The Labute approximate surface area is 182 Å². The van der Waals surface area contributed by atoms with Crippen LogP contribution in [0.25, 0.3) is 11.4 Å². The normalized spacial score (nSPS) is 13.4. The van der Waals surface area contributed by atoms with Crippen LogP contribution in [-0.2, 0) is 27.8 Å². The summed E-state index contributed by atoms with van der Waals surface area (Å²) in [7, 11) is 2.84. The van der Waals surface area contributed by atoms with Gasteiger partial charge in [-0.05, 0) is 36.8 Å². The van der Waals surface area contributed by atoms with E-state index in [1.165, 1.54) is 26.4 Å². The first-order valence-electron chi connectivity index (χ1n) is 9.61. The number of carbonyl (C=O) groups is 1. The lowest BCUT2D eigenvalue weighted by Crippen LogP contribution is -2.41. The number of hydrogen-bond donors (Lipinski definition) is 1. The van der Waals surface area contributed by atoms with Crippen LogP contribution in [0.3, 0.4) is 0 Å². The summed E-state index contributed by atoms with van der Waals surface area (Å²) in [6, 6.07) is 11.9. The first kappa shape index (κ1) is 23.3. The summed E-state index contributed by atoms with van der Waals surface area (Å²) in [5.74, 6) is 0.364. The van der Waals surface area contributed by atoms with Crippen LogP contribution in [0.5, 0.6) is 5.75 Å². The fourth-order valence-electron chi connectivity index (χ4n) is 3.14. The van der Waals surface area contributed by atoms with Gasteiger partial charge >= 0.3 is 12.1 Å². The summed E-state index contributed by atoms with van der Waals surface area (Å²) in [5.41, 5.74) is -0.727. The van der Waals surface area contributed by atoms with Gasteiger partial charge in [-0.1, -0.05) is 29.4 Å². The van der Waals surface area contributed by atoms with Gasteiger partial charge in [0.2, 0.25) is 11.7 Å². The van der Waals surface area contributed by atoms with Gasteiger partial charge in [-0.3, -0.25) is 10.1 Å². The van der Waals surface area contributed by atoms with Crippen LogP contribution in [-0.4, -0.2) is 30.3 Å². The topological polar surface area (TPSA) is 86.5 Å². The Morgan fingerprint density at radius 2 is 1.81 bits per heavy atom. The largest absolute Gasteiger partial charge is 0.497 e. The molecule has 3 rings (SSSR count). The predicted octanol–water partition coefficient (Wildman–Crippen LogP) is 4.33. The second kappa shape index (κ2) is 9.39. The molecule has 1 heterocycles. The molecule has 0 spiro atoms. The predicted molar refractivity (Wildman–Crippen MR) is 109 cm³/mol. The second-order valence-electron chi connectivity index (χ2n) is 7.26. The number of ether oxygens (including phenoxy) is 2. The first-order chi connectivity index (χ1) is 15.1. The lowest BCUT2D eigenvalue weighted by molar-refractivity contribution is -0.142. The molecule has 1 atom stereocenters. The van der Waals surface area contributed by atoms with Crippen molar-refractivity contribution in [2.45, 2.75) is 31.6 Å². The van der Waals surface area contributed by atoms with Gasteiger partial charge in [0.15, 0.2) is 0 Å². The molecule has 0 aliphatic heterocycles. The van der Waals surface area contributed by atoms with Gasteiger partial charge in [-0.25, -0.2) is 0 Å². The molecule has 0 saturated heterocycles. The number of aromatic nitrogens is 2. The number of hydrogen-bond acceptors (Lipinski definition) is 7. The Balaban J connectivity index is 1.81. The molecular weight excluding hydrogens is 427 g/mol. The highest BCUT2D eigenvalue weighted by molar-refractivity contribution is 5.71. The van der Waals surface area contributed by atoms with Crippen molar-refractivity contribution in [2.75, 3.05) is 14.2 Å². The molecule has 0 radical (unpaired) electrons. The third-order valence-electron chi connectivity index (χ3n) is 4.98. The number of rotatable bonds is 8. The van der Waals surface area contributed by atoms with Crippen molar-refractivity contribution in [3.8, 4) is 17.1 Å². The van der Waals surface area contributed by atoms with Crippen LogP contribution in [0.2, 0.25) is 0 Å². The SMILES string of the molecule is COC(=O)C[C@@](C)(NCc1nc(-c2cccc(C(F)(F)F)c2)no1)c1cccc(OC)c1. The maximum atomic E-state index is 13.0. The molecule has 1 N–H and O–H groups in total. The molecule has 0 unspecified atom stereocenters. The van der Waals surface area contributed by atoms with Crippen molar-refractivity contribution in [1.29, 1.82) is 0 Å². The Bertz CT molecular complexity index is 1080.